The maximum atomic E-state index is 10.6. The van der Waals surface area contributed by atoms with E-state index < -0.39 is 35.8 Å². The van der Waals surface area contributed by atoms with Crippen molar-refractivity contribution in [2.75, 3.05) is 28.7 Å². The van der Waals surface area contributed by atoms with Gasteiger partial charge in [-0.05, 0) is 85.3 Å². The molecule has 17 nitrogen and oxygen atoms in total. The minimum atomic E-state index is -1.37. The third kappa shape index (κ3) is 13.1. The Morgan fingerprint density at radius 2 is 0.521 bits per heavy atom. The number of aromatic carboxylic acids is 6. The highest BCUT2D eigenvalue weighted by Crippen LogP contribution is 2.15. The quantitative estimate of drug-likeness (QED) is 0.132. The van der Waals surface area contributed by atoms with E-state index in [9.17, 15) is 28.8 Å². The molecule has 17 heteroatoms. The van der Waals surface area contributed by atoms with Crippen molar-refractivity contribution >= 4 is 64.3 Å². The van der Waals surface area contributed by atoms with Gasteiger partial charge in [0.25, 0.3) is 0 Å². The minimum Gasteiger partial charge on any atom is -0.478 e. The van der Waals surface area contributed by atoms with Gasteiger partial charge in [0.05, 0.1) is 33.4 Å². The van der Waals surface area contributed by atoms with Gasteiger partial charge in [-0.2, -0.15) is 0 Å². The number of carboxylic acids is 6. The van der Waals surface area contributed by atoms with Crippen LogP contribution in [-0.4, -0.2) is 66.5 Å². The normalized spacial score (nSPS) is 9.52. The highest BCUT2D eigenvalue weighted by molar-refractivity contribution is 5.99. The Morgan fingerprint density at radius 1 is 0.333 bits per heavy atom. The molecule has 48 heavy (non-hydrogen) atoms. The average molecular weight is 666 g/mol. The molecule has 0 radical (unpaired) electrons. The average Bonchev–Trinajstić information content (AvgIpc) is 2.96. The van der Waals surface area contributed by atoms with Crippen molar-refractivity contribution in [1.29, 1.82) is 0 Å². The Balaban J connectivity index is 0.000000325. The van der Waals surface area contributed by atoms with Gasteiger partial charge in [0.15, 0.2) is 0 Å². The summed E-state index contributed by atoms with van der Waals surface area (Å²) in [4.78, 5) is 63.1. The van der Waals surface area contributed by atoms with Crippen molar-refractivity contribution in [2.24, 2.45) is 0 Å². The van der Waals surface area contributed by atoms with E-state index in [-0.39, 0.29) is 39.1 Å². The molecule has 0 aromatic heterocycles. The molecule has 0 heterocycles. The van der Waals surface area contributed by atoms with Crippen LogP contribution in [0.15, 0.2) is 72.8 Å². The molecule has 4 aromatic rings. The number of hydrogen-bond donors (Lipinski definition) is 11. The number of aryl methyl sites for hydroxylation is 1. The SMILES string of the molecule is Cc1cc(N)cc(C(=O)O)c1.Nc1cc(C(=O)O)cc(C(=O)O)c1.Nc1cc(N)cc(N)c1.O=C(O)c1cc(C(=O)O)cc(C(=O)O)c1. The highest BCUT2D eigenvalue weighted by atomic mass is 16.4. The van der Waals surface area contributed by atoms with Gasteiger partial charge >= 0.3 is 35.8 Å². The fourth-order valence-corrected chi connectivity index (χ4v) is 3.54. The van der Waals surface area contributed by atoms with Crippen LogP contribution in [0.5, 0.6) is 0 Å². The number of carbonyl (C=O) groups is 6. The maximum Gasteiger partial charge on any atom is 0.335 e. The maximum absolute atomic E-state index is 10.6. The molecule has 0 atom stereocenters. The topological polar surface area (TPSA) is 354 Å². The lowest BCUT2D eigenvalue weighted by atomic mass is 10.1. The molecule has 0 saturated carbocycles. The van der Waals surface area contributed by atoms with Gasteiger partial charge in [-0.15, -0.1) is 0 Å². The number of anilines is 5. The van der Waals surface area contributed by atoms with Gasteiger partial charge in [0, 0.05) is 28.4 Å². The van der Waals surface area contributed by atoms with Crippen molar-refractivity contribution in [3.8, 4) is 0 Å². The first-order valence-corrected chi connectivity index (χ1v) is 12.9. The molecule has 0 aliphatic heterocycles. The van der Waals surface area contributed by atoms with Crippen molar-refractivity contribution in [2.45, 2.75) is 6.92 Å². The van der Waals surface area contributed by atoms with Crippen LogP contribution >= 0.6 is 0 Å². The zero-order chi connectivity index (χ0) is 36.9. The second-order valence-electron chi connectivity index (χ2n) is 9.54. The molecule has 4 rings (SSSR count). The standard InChI is InChI=1S/C9H6O6.C8H7NO4.C8H9NO2.C6H9N3/c10-7(11)4-1-5(8(12)13)3-6(2-4)9(14)15;9-6-2-4(7(10)11)1-5(3-6)8(12)13;1-5-2-6(8(10)11)4-7(9)3-5;7-4-1-5(8)3-6(9)2-4/h1-3H,(H,10,11)(H,12,13)(H,14,15);1-3H,9H2,(H,10,11)(H,12,13);2-4H,9H2,1H3,(H,10,11);1-3H,7-9H2. The molecule has 0 amide bonds. The van der Waals surface area contributed by atoms with Crippen molar-refractivity contribution in [3.05, 3.63) is 112 Å². The summed E-state index contributed by atoms with van der Waals surface area (Å²) in [6, 6.07) is 15.9. The first-order valence-electron chi connectivity index (χ1n) is 12.9. The fraction of sp³-hybridized carbons (Fsp3) is 0.0323. The van der Waals surface area contributed by atoms with Crippen molar-refractivity contribution in [3.63, 3.8) is 0 Å². The monoisotopic (exact) mass is 665 g/mol. The summed E-state index contributed by atoms with van der Waals surface area (Å²) in [5.74, 6) is -7.47. The first-order chi connectivity index (χ1) is 22.2. The Morgan fingerprint density at radius 3 is 0.750 bits per heavy atom. The minimum absolute atomic E-state index is 0.123. The van der Waals surface area contributed by atoms with Crippen LogP contribution in [0.4, 0.5) is 28.4 Å². The molecule has 4 aromatic carbocycles. The van der Waals surface area contributed by atoms with Crippen LogP contribution in [0.25, 0.3) is 0 Å². The van der Waals surface area contributed by atoms with Gasteiger partial charge < -0.3 is 59.3 Å². The van der Waals surface area contributed by atoms with Gasteiger partial charge in [0.1, 0.15) is 0 Å². The van der Waals surface area contributed by atoms with Crippen LogP contribution in [0.2, 0.25) is 0 Å². The Kier molecular flexibility index (Phi) is 13.9. The van der Waals surface area contributed by atoms with Crippen molar-refractivity contribution < 1.29 is 59.4 Å². The molecule has 0 unspecified atom stereocenters. The van der Waals surface area contributed by atoms with Gasteiger partial charge in [-0.25, -0.2) is 28.8 Å². The van der Waals surface area contributed by atoms with Gasteiger partial charge in [-0.3, -0.25) is 0 Å². The van der Waals surface area contributed by atoms with E-state index in [1.807, 2.05) is 6.92 Å². The molecule has 16 N–H and O–H groups in total. The van der Waals surface area contributed by atoms with E-state index in [1.54, 1.807) is 30.3 Å². The lowest BCUT2D eigenvalue weighted by molar-refractivity contribution is 0.0671. The van der Waals surface area contributed by atoms with Crippen LogP contribution in [0, 0.1) is 6.92 Å². The van der Waals surface area contributed by atoms with Gasteiger partial charge in [-0.1, -0.05) is 0 Å². The highest BCUT2D eigenvalue weighted by Gasteiger charge is 2.14. The molecule has 0 fully saturated rings. The molecule has 0 aliphatic carbocycles. The summed E-state index contributed by atoms with van der Waals surface area (Å²) in [6.07, 6.45) is 0. The Labute approximate surface area is 271 Å². The predicted octanol–water partition coefficient (Wildman–Crippen LogP) is 3.16. The number of hydrogen-bond acceptors (Lipinski definition) is 11. The smallest absolute Gasteiger partial charge is 0.335 e. The molecule has 0 bridgehead atoms. The second-order valence-corrected chi connectivity index (χ2v) is 9.54. The number of nitrogens with two attached hydrogens (primary N) is 5. The number of nitrogen functional groups attached to an aromatic ring is 5. The first kappa shape index (κ1) is 38.7. The van der Waals surface area contributed by atoms with Crippen LogP contribution in [0.1, 0.15) is 67.7 Å². The zero-order valence-corrected chi connectivity index (χ0v) is 24.9. The molecular formula is C31H31N5O12. The van der Waals surface area contributed by atoms with Crippen LogP contribution < -0.4 is 28.7 Å². The lowest BCUT2D eigenvalue weighted by Crippen LogP contribution is -2.07. The molecular weight excluding hydrogens is 634 g/mol. The Bertz CT molecular complexity index is 1690. The van der Waals surface area contributed by atoms with Crippen molar-refractivity contribution in [1.82, 2.24) is 0 Å². The third-order valence-electron chi connectivity index (χ3n) is 5.47. The summed E-state index contributed by atoms with van der Waals surface area (Å²) in [7, 11) is 0. The largest absolute Gasteiger partial charge is 0.478 e. The molecule has 252 valence electrons. The number of benzene rings is 4. The molecule has 0 spiro atoms. The van der Waals surface area contributed by atoms with E-state index >= 15 is 0 Å². The van der Waals surface area contributed by atoms with E-state index in [0.29, 0.717) is 22.7 Å². The van der Waals surface area contributed by atoms with Crippen LogP contribution in [0.3, 0.4) is 0 Å². The van der Waals surface area contributed by atoms with E-state index in [1.165, 1.54) is 18.2 Å². The summed E-state index contributed by atoms with van der Waals surface area (Å²) in [5, 5.41) is 51.5. The zero-order valence-electron chi connectivity index (χ0n) is 24.9. The van der Waals surface area contributed by atoms with E-state index in [2.05, 4.69) is 0 Å². The predicted molar refractivity (Wildman–Crippen MR) is 174 cm³/mol. The molecule has 0 saturated heterocycles. The number of rotatable bonds is 6. The molecule has 0 aliphatic rings. The number of carboxylic acid groups (broad SMARTS) is 6. The second kappa shape index (κ2) is 17.3. The van der Waals surface area contributed by atoms with E-state index in [4.69, 9.17) is 59.3 Å². The summed E-state index contributed by atoms with van der Waals surface area (Å²) < 4.78 is 0. The fourth-order valence-electron chi connectivity index (χ4n) is 3.54. The summed E-state index contributed by atoms with van der Waals surface area (Å²) in [6.45, 7) is 1.81. The van der Waals surface area contributed by atoms with E-state index in [0.717, 1.165) is 29.8 Å². The lowest BCUT2D eigenvalue weighted by Gasteiger charge is -2.00. The Hall–Kier alpha value is -7.30. The third-order valence-corrected chi connectivity index (χ3v) is 5.47. The summed E-state index contributed by atoms with van der Waals surface area (Å²) in [5.41, 5.74) is 29.1. The van der Waals surface area contributed by atoms with Crippen LogP contribution in [-0.2, 0) is 0 Å². The van der Waals surface area contributed by atoms with Gasteiger partial charge in [0.2, 0.25) is 0 Å². The summed E-state index contributed by atoms with van der Waals surface area (Å²) >= 11 is 0.